The molecule has 9 heteroatoms. The summed E-state index contributed by atoms with van der Waals surface area (Å²) in [4.78, 5) is 12.7. The number of nitrogens with zero attached hydrogens (tertiary/aromatic N) is 4. The first-order valence-corrected chi connectivity index (χ1v) is 12.8. The second kappa shape index (κ2) is 6.67. The van der Waals surface area contributed by atoms with E-state index in [0.29, 0.717) is 17.0 Å². The van der Waals surface area contributed by atoms with E-state index in [1.807, 2.05) is 30.6 Å². The zero-order valence-electron chi connectivity index (χ0n) is 16.7. The molecule has 0 bridgehead atoms. The number of fused-ring (bicyclic) bond motifs is 2. The highest BCUT2D eigenvalue weighted by molar-refractivity contribution is 6.83. The zero-order chi connectivity index (χ0) is 20.1. The topological polar surface area (TPSA) is 97.3 Å². The predicted molar refractivity (Wildman–Crippen MR) is 108 cm³/mol. The second-order valence-corrected chi connectivity index (χ2v) is 13.3. The average molecular weight is 400 g/mol. The van der Waals surface area contributed by atoms with Crippen molar-refractivity contribution in [3.8, 4) is 11.5 Å². The lowest BCUT2D eigenvalue weighted by Gasteiger charge is -2.23. The van der Waals surface area contributed by atoms with Crippen LogP contribution < -0.4 is 5.73 Å². The van der Waals surface area contributed by atoms with Crippen molar-refractivity contribution >= 4 is 25.1 Å². The average Bonchev–Trinajstić information content (AvgIpc) is 3.23. The Kier molecular flexibility index (Phi) is 4.54. The molecular formula is C19H25N5O3Si. The summed E-state index contributed by atoms with van der Waals surface area (Å²) in [5.74, 6) is 2.78. The van der Waals surface area contributed by atoms with Crippen LogP contribution >= 0.6 is 0 Å². The van der Waals surface area contributed by atoms with E-state index >= 15 is 0 Å². The minimum atomic E-state index is -1.42. The van der Waals surface area contributed by atoms with Crippen molar-refractivity contribution in [1.82, 2.24) is 19.5 Å². The Hall–Kier alpha value is -2.25. The van der Waals surface area contributed by atoms with Gasteiger partial charge in [-0.3, -0.25) is 4.57 Å². The van der Waals surface area contributed by atoms with Gasteiger partial charge in [-0.05, 0) is 26.0 Å². The van der Waals surface area contributed by atoms with Crippen LogP contribution in [0.15, 0.2) is 24.8 Å². The molecule has 2 saturated heterocycles. The summed E-state index contributed by atoms with van der Waals surface area (Å²) >= 11 is 0. The van der Waals surface area contributed by atoms with Crippen LogP contribution in [0, 0.1) is 11.5 Å². The Morgan fingerprint density at radius 3 is 2.68 bits per heavy atom. The van der Waals surface area contributed by atoms with E-state index in [1.165, 1.54) is 6.33 Å². The number of hydrogen-bond acceptors (Lipinski definition) is 7. The fourth-order valence-electron chi connectivity index (χ4n) is 3.44. The van der Waals surface area contributed by atoms with E-state index in [9.17, 15) is 0 Å². The summed E-state index contributed by atoms with van der Waals surface area (Å²) in [5.41, 5.74) is 10.4. The minimum Gasteiger partial charge on any atom is -0.382 e. The van der Waals surface area contributed by atoms with Gasteiger partial charge in [0.25, 0.3) is 0 Å². The lowest BCUT2D eigenvalue weighted by molar-refractivity contribution is -0.191. The first-order chi connectivity index (χ1) is 13.1. The Labute approximate surface area is 165 Å². The SMILES string of the molecule is CC1(C)O[C@@H]2[C@H](O1)[C@@H](/C=C\C#C[Si](C)(C)C)O[C@H]2n1cnc2c(N)ncnc21. The van der Waals surface area contributed by atoms with Crippen LogP contribution in [0.25, 0.3) is 11.2 Å². The van der Waals surface area contributed by atoms with Crippen LogP contribution in [0.5, 0.6) is 0 Å². The summed E-state index contributed by atoms with van der Waals surface area (Å²) in [7, 11) is -1.42. The molecular weight excluding hydrogens is 374 g/mol. The standard InChI is InChI=1S/C19H25N5O3Si/c1-19(2)26-14-12(8-6-7-9-28(3,4)5)25-18(15(14)27-19)24-11-23-13-16(20)21-10-22-17(13)24/h6,8,10-12,14-15,18H,1-5H3,(H2,20,21,22)/b8-6-/t12-,14-,15-,18-/m1/s1. The zero-order valence-corrected chi connectivity index (χ0v) is 17.7. The van der Waals surface area contributed by atoms with E-state index in [2.05, 4.69) is 46.1 Å². The van der Waals surface area contributed by atoms with Crippen LogP contribution in [-0.2, 0) is 14.2 Å². The number of rotatable bonds is 2. The van der Waals surface area contributed by atoms with E-state index in [-0.39, 0.29) is 18.3 Å². The van der Waals surface area contributed by atoms with Crippen LogP contribution in [-0.4, -0.2) is 51.7 Å². The number of hydrogen-bond donors (Lipinski definition) is 1. The number of allylic oxidation sites excluding steroid dienone is 1. The van der Waals surface area contributed by atoms with Gasteiger partial charge in [0.1, 0.15) is 38.2 Å². The van der Waals surface area contributed by atoms with Gasteiger partial charge in [0, 0.05) is 0 Å². The Morgan fingerprint density at radius 1 is 1.18 bits per heavy atom. The van der Waals surface area contributed by atoms with Gasteiger partial charge in [-0.2, -0.15) is 0 Å². The van der Waals surface area contributed by atoms with Crippen LogP contribution in [0.3, 0.4) is 0 Å². The fourth-order valence-corrected chi connectivity index (χ4v) is 3.96. The number of aromatic nitrogens is 4. The van der Waals surface area contributed by atoms with Crippen molar-refractivity contribution in [2.75, 3.05) is 5.73 Å². The van der Waals surface area contributed by atoms with Crippen molar-refractivity contribution in [1.29, 1.82) is 0 Å². The van der Waals surface area contributed by atoms with Gasteiger partial charge in [-0.15, -0.1) is 5.54 Å². The van der Waals surface area contributed by atoms with Crippen molar-refractivity contribution < 1.29 is 14.2 Å². The summed E-state index contributed by atoms with van der Waals surface area (Å²) in [6.45, 7) is 10.4. The van der Waals surface area contributed by atoms with Crippen LogP contribution in [0.1, 0.15) is 20.1 Å². The lowest BCUT2D eigenvalue weighted by atomic mass is 10.1. The molecule has 148 valence electrons. The molecule has 4 atom stereocenters. The smallest absolute Gasteiger partial charge is 0.167 e. The van der Waals surface area contributed by atoms with Gasteiger partial charge in [-0.25, -0.2) is 15.0 Å². The van der Waals surface area contributed by atoms with Crippen molar-refractivity contribution in [3.05, 3.63) is 24.8 Å². The number of nitrogens with two attached hydrogens (primary N) is 1. The van der Waals surface area contributed by atoms with E-state index in [4.69, 9.17) is 19.9 Å². The van der Waals surface area contributed by atoms with Gasteiger partial charge in [0.05, 0.1) is 6.33 Å². The summed E-state index contributed by atoms with van der Waals surface area (Å²) in [6.07, 6.45) is 5.59. The Bertz CT molecular complexity index is 985. The summed E-state index contributed by atoms with van der Waals surface area (Å²) in [6, 6.07) is 0. The van der Waals surface area contributed by atoms with Gasteiger partial charge in [-0.1, -0.05) is 25.6 Å². The molecule has 2 aliphatic heterocycles. The fraction of sp³-hybridized carbons (Fsp3) is 0.526. The van der Waals surface area contributed by atoms with Crippen molar-refractivity contribution in [2.24, 2.45) is 0 Å². The number of nitrogen functional groups attached to an aromatic ring is 1. The molecule has 0 aliphatic carbocycles. The highest BCUT2D eigenvalue weighted by Gasteiger charge is 2.55. The molecule has 2 fully saturated rings. The van der Waals surface area contributed by atoms with E-state index < -0.39 is 20.1 Å². The molecule has 0 amide bonds. The molecule has 28 heavy (non-hydrogen) atoms. The van der Waals surface area contributed by atoms with Gasteiger partial charge >= 0.3 is 0 Å². The maximum atomic E-state index is 6.27. The first-order valence-electron chi connectivity index (χ1n) is 9.28. The number of imidazole rings is 1. The minimum absolute atomic E-state index is 0.249. The Balaban J connectivity index is 1.66. The quantitative estimate of drug-likeness (QED) is 0.611. The molecule has 2 aromatic heterocycles. The third-order valence-electron chi connectivity index (χ3n) is 4.54. The first kappa shape index (κ1) is 19.1. The summed E-state index contributed by atoms with van der Waals surface area (Å²) in [5, 5.41) is 0. The molecule has 2 aliphatic rings. The molecule has 4 rings (SSSR count). The summed E-state index contributed by atoms with van der Waals surface area (Å²) < 4.78 is 20.4. The highest BCUT2D eigenvalue weighted by Crippen LogP contribution is 2.44. The number of anilines is 1. The lowest BCUT2D eigenvalue weighted by Crippen LogP contribution is -2.28. The molecule has 0 spiro atoms. The van der Waals surface area contributed by atoms with Gasteiger partial charge in [0.2, 0.25) is 0 Å². The second-order valence-electron chi connectivity index (χ2n) is 8.52. The highest BCUT2D eigenvalue weighted by atomic mass is 28.3. The van der Waals surface area contributed by atoms with Crippen molar-refractivity contribution in [2.45, 2.75) is 63.8 Å². The molecule has 8 nitrogen and oxygen atoms in total. The predicted octanol–water partition coefficient (Wildman–Crippen LogP) is 2.26. The maximum absolute atomic E-state index is 6.27. The molecule has 0 radical (unpaired) electrons. The van der Waals surface area contributed by atoms with Crippen LogP contribution in [0.2, 0.25) is 19.6 Å². The number of ether oxygens (including phenoxy) is 3. The molecule has 0 unspecified atom stereocenters. The largest absolute Gasteiger partial charge is 0.382 e. The third kappa shape index (κ3) is 3.56. The molecule has 2 aromatic rings. The van der Waals surface area contributed by atoms with Gasteiger partial charge in [0.15, 0.2) is 23.5 Å². The normalized spacial score (nSPS) is 29.2. The van der Waals surface area contributed by atoms with Crippen molar-refractivity contribution in [3.63, 3.8) is 0 Å². The monoisotopic (exact) mass is 399 g/mol. The van der Waals surface area contributed by atoms with Gasteiger partial charge < -0.3 is 19.9 Å². The third-order valence-corrected chi connectivity index (χ3v) is 5.44. The molecule has 2 N–H and O–H groups in total. The van der Waals surface area contributed by atoms with E-state index in [0.717, 1.165) is 0 Å². The Morgan fingerprint density at radius 2 is 1.93 bits per heavy atom. The van der Waals surface area contributed by atoms with E-state index in [1.54, 1.807) is 6.33 Å². The maximum Gasteiger partial charge on any atom is 0.167 e. The molecule has 4 heterocycles. The molecule has 0 aromatic carbocycles. The molecule has 0 saturated carbocycles. The van der Waals surface area contributed by atoms with Crippen LogP contribution in [0.4, 0.5) is 5.82 Å².